The largest absolute Gasteiger partial charge is 0.497 e. The minimum atomic E-state index is -0.583. The Morgan fingerprint density at radius 2 is 1.61 bits per heavy atom. The number of anilines is 1. The van der Waals surface area contributed by atoms with Gasteiger partial charge in [-0.3, -0.25) is 19.3 Å². The van der Waals surface area contributed by atoms with Crippen LogP contribution in [0.1, 0.15) is 26.3 Å². The van der Waals surface area contributed by atoms with Gasteiger partial charge in [0.05, 0.1) is 41.8 Å². The van der Waals surface area contributed by atoms with Gasteiger partial charge in [-0.1, -0.05) is 23.5 Å². The number of aromatic nitrogens is 1. The van der Waals surface area contributed by atoms with Crippen LogP contribution < -0.4 is 14.5 Å². The van der Waals surface area contributed by atoms with Crippen molar-refractivity contribution in [1.82, 2.24) is 9.88 Å². The summed E-state index contributed by atoms with van der Waals surface area (Å²) in [6, 6.07) is 19.0. The van der Waals surface area contributed by atoms with Crippen LogP contribution in [0, 0.1) is 0 Å². The second kappa shape index (κ2) is 9.59. The van der Waals surface area contributed by atoms with Crippen molar-refractivity contribution < 1.29 is 23.9 Å². The molecular weight excluding hydrogens is 480 g/mol. The number of thiazole rings is 1. The number of carbonyl (C=O) groups excluding carboxylic acids is 3. The zero-order valence-electron chi connectivity index (χ0n) is 19.4. The van der Waals surface area contributed by atoms with Crippen molar-refractivity contribution in [2.75, 3.05) is 25.8 Å². The molecule has 1 aliphatic rings. The zero-order chi connectivity index (χ0) is 25.2. The van der Waals surface area contributed by atoms with Gasteiger partial charge in [0.2, 0.25) is 5.13 Å². The molecule has 36 heavy (non-hydrogen) atoms. The van der Waals surface area contributed by atoms with Crippen LogP contribution in [-0.4, -0.2) is 54.6 Å². The fourth-order valence-corrected chi connectivity index (χ4v) is 4.70. The Labute approximate surface area is 210 Å². The number of hydrogen-bond donors (Lipinski definition) is 0. The molecule has 0 fully saturated rings. The van der Waals surface area contributed by atoms with Crippen LogP contribution in [0.25, 0.3) is 10.2 Å². The van der Waals surface area contributed by atoms with Gasteiger partial charge in [0.25, 0.3) is 17.7 Å². The van der Waals surface area contributed by atoms with Gasteiger partial charge in [0, 0.05) is 0 Å². The van der Waals surface area contributed by atoms with E-state index in [1.54, 1.807) is 74.9 Å². The van der Waals surface area contributed by atoms with E-state index >= 15 is 0 Å². The monoisotopic (exact) mass is 500 g/mol. The topological polar surface area (TPSA) is 101 Å². The molecule has 0 aliphatic carbocycles. The second-order valence-corrected chi connectivity index (χ2v) is 8.80. The van der Waals surface area contributed by atoms with Gasteiger partial charge in [-0.15, -0.1) is 0 Å². The highest BCUT2D eigenvalue weighted by molar-refractivity contribution is 7.22. The average molecular weight is 501 g/mol. The molecule has 180 valence electrons. The molecule has 4 aromatic rings. The molecule has 9 nitrogen and oxygen atoms in total. The van der Waals surface area contributed by atoms with E-state index in [0.29, 0.717) is 22.1 Å². The Morgan fingerprint density at radius 1 is 0.972 bits per heavy atom. The number of carbonyl (C=O) groups is 3. The number of rotatable bonds is 7. The first-order valence-electron chi connectivity index (χ1n) is 10.9. The molecule has 0 spiro atoms. The van der Waals surface area contributed by atoms with Gasteiger partial charge in [0.1, 0.15) is 18.0 Å². The third-order valence-electron chi connectivity index (χ3n) is 5.61. The summed E-state index contributed by atoms with van der Waals surface area (Å²) in [6.45, 7) is -0.481. The molecule has 1 aromatic heterocycles. The smallest absolute Gasteiger partial charge is 0.269 e. The molecule has 0 saturated carbocycles. The van der Waals surface area contributed by atoms with E-state index in [2.05, 4.69) is 10.1 Å². The number of benzene rings is 3. The first kappa shape index (κ1) is 23.2. The van der Waals surface area contributed by atoms with E-state index in [1.165, 1.54) is 17.6 Å². The third-order valence-corrected chi connectivity index (χ3v) is 6.61. The Kier molecular flexibility index (Phi) is 6.17. The van der Waals surface area contributed by atoms with E-state index in [-0.39, 0.29) is 11.1 Å². The minimum Gasteiger partial charge on any atom is -0.497 e. The Balaban J connectivity index is 1.47. The first-order valence-corrected chi connectivity index (χ1v) is 11.7. The summed E-state index contributed by atoms with van der Waals surface area (Å²) < 4.78 is 11.3. The molecule has 0 N–H and O–H groups in total. The standard InChI is InChI=1S/C26H20N4O5S/c1-34-17-9-7-16(8-10-17)14-27-30(26-28-21-12-11-18(35-2)13-22(21)36-26)23(31)15-29-24(32)19-5-3-4-6-20(19)25(29)33/h3-14H,15H2,1-2H3/b27-14+. The van der Waals surface area contributed by atoms with E-state index in [4.69, 9.17) is 9.47 Å². The SMILES string of the molecule is COc1ccc(/C=N/N(C(=O)CN2C(=O)c3ccccc3C2=O)c2nc3ccc(OC)cc3s2)cc1. The molecule has 2 heterocycles. The summed E-state index contributed by atoms with van der Waals surface area (Å²) in [6.07, 6.45) is 1.51. The lowest BCUT2D eigenvalue weighted by Crippen LogP contribution is -2.41. The lowest BCUT2D eigenvalue weighted by atomic mass is 10.1. The van der Waals surface area contributed by atoms with Crippen molar-refractivity contribution in [2.45, 2.75) is 0 Å². The van der Waals surface area contributed by atoms with Gasteiger partial charge in [-0.2, -0.15) is 10.1 Å². The van der Waals surface area contributed by atoms with Gasteiger partial charge < -0.3 is 9.47 Å². The van der Waals surface area contributed by atoms with Crippen molar-refractivity contribution in [2.24, 2.45) is 5.10 Å². The summed E-state index contributed by atoms with van der Waals surface area (Å²) in [5.74, 6) is -0.274. The highest BCUT2D eigenvalue weighted by Gasteiger charge is 2.37. The van der Waals surface area contributed by atoms with Gasteiger partial charge in [-0.05, 0) is 60.2 Å². The van der Waals surface area contributed by atoms with E-state index in [1.807, 2.05) is 6.07 Å². The quantitative estimate of drug-likeness (QED) is 0.216. The molecule has 5 rings (SSSR count). The normalized spacial score (nSPS) is 12.9. The Hall–Kier alpha value is -4.57. The third kappa shape index (κ3) is 4.29. The van der Waals surface area contributed by atoms with Crippen LogP contribution in [0.5, 0.6) is 11.5 Å². The maximum atomic E-state index is 13.5. The van der Waals surface area contributed by atoms with Crippen LogP contribution in [0.15, 0.2) is 71.8 Å². The fourth-order valence-electron chi connectivity index (χ4n) is 3.73. The number of methoxy groups -OCH3 is 2. The number of nitrogens with zero attached hydrogens (tertiary/aromatic N) is 4. The summed E-state index contributed by atoms with van der Waals surface area (Å²) in [5.41, 5.74) is 1.93. The molecule has 10 heteroatoms. The molecule has 0 atom stereocenters. The molecule has 0 radical (unpaired) electrons. The summed E-state index contributed by atoms with van der Waals surface area (Å²) >= 11 is 1.24. The summed E-state index contributed by atoms with van der Waals surface area (Å²) in [5, 5.41) is 5.80. The molecule has 0 saturated heterocycles. The van der Waals surface area contributed by atoms with Crippen molar-refractivity contribution >= 4 is 50.6 Å². The van der Waals surface area contributed by atoms with Gasteiger partial charge in [0.15, 0.2) is 0 Å². The molecule has 3 amide bonds. The summed E-state index contributed by atoms with van der Waals surface area (Å²) in [7, 11) is 3.14. The molecule has 0 unspecified atom stereocenters. The lowest BCUT2D eigenvalue weighted by Gasteiger charge is -2.18. The maximum Gasteiger partial charge on any atom is 0.269 e. The number of fused-ring (bicyclic) bond motifs is 2. The fraction of sp³-hybridized carbons (Fsp3) is 0.115. The van der Waals surface area contributed by atoms with Crippen LogP contribution in [0.2, 0.25) is 0 Å². The molecule has 3 aromatic carbocycles. The zero-order valence-corrected chi connectivity index (χ0v) is 20.2. The van der Waals surface area contributed by atoms with Crippen molar-refractivity contribution in [3.8, 4) is 11.5 Å². The first-order chi connectivity index (χ1) is 17.5. The highest BCUT2D eigenvalue weighted by atomic mass is 32.1. The Morgan fingerprint density at radius 3 is 2.25 bits per heavy atom. The number of imide groups is 1. The Bertz CT molecular complexity index is 1480. The van der Waals surface area contributed by atoms with Crippen LogP contribution in [0.3, 0.4) is 0 Å². The van der Waals surface area contributed by atoms with E-state index < -0.39 is 24.3 Å². The second-order valence-electron chi connectivity index (χ2n) is 7.80. The van der Waals surface area contributed by atoms with Crippen LogP contribution >= 0.6 is 11.3 Å². The number of ether oxygens (including phenoxy) is 2. The maximum absolute atomic E-state index is 13.5. The number of hydrazone groups is 1. The molecular formula is C26H20N4O5S. The predicted octanol–water partition coefficient (Wildman–Crippen LogP) is 3.98. The summed E-state index contributed by atoms with van der Waals surface area (Å²) in [4.78, 5) is 44.5. The van der Waals surface area contributed by atoms with E-state index in [9.17, 15) is 14.4 Å². The van der Waals surface area contributed by atoms with Crippen molar-refractivity contribution in [1.29, 1.82) is 0 Å². The van der Waals surface area contributed by atoms with Crippen LogP contribution in [0.4, 0.5) is 5.13 Å². The van der Waals surface area contributed by atoms with Crippen LogP contribution in [-0.2, 0) is 4.79 Å². The average Bonchev–Trinajstić information content (AvgIpc) is 3.43. The van der Waals surface area contributed by atoms with Crippen molar-refractivity contribution in [3.63, 3.8) is 0 Å². The lowest BCUT2D eigenvalue weighted by molar-refractivity contribution is -0.118. The predicted molar refractivity (Wildman–Crippen MR) is 136 cm³/mol. The van der Waals surface area contributed by atoms with E-state index in [0.717, 1.165) is 20.2 Å². The number of hydrogen-bond acceptors (Lipinski definition) is 8. The number of amides is 3. The van der Waals surface area contributed by atoms with Crippen molar-refractivity contribution in [3.05, 3.63) is 83.4 Å². The van der Waals surface area contributed by atoms with Gasteiger partial charge >= 0.3 is 0 Å². The highest BCUT2D eigenvalue weighted by Crippen LogP contribution is 2.32. The molecule has 1 aliphatic heterocycles. The van der Waals surface area contributed by atoms with Gasteiger partial charge in [-0.25, -0.2) is 4.98 Å². The molecule has 0 bridgehead atoms. The minimum absolute atomic E-state index is 0.274.